The SMILES string of the molecule is [2H]C1CC(c2ccccc2)(c2ccc(N(c3ccc4c(c3)c3ccccc3n4-c3ccccc3)c3cccc4ccccc34)cc2)CC([2H])C1[2H]. The normalized spacial score (nSPS) is 21.9. The van der Waals surface area contributed by atoms with E-state index in [0.717, 1.165) is 39.4 Å². The summed E-state index contributed by atoms with van der Waals surface area (Å²) in [7, 11) is 0. The molecule has 232 valence electrons. The molecular formula is C46H38N2. The molecular weight excluding hydrogens is 581 g/mol. The maximum atomic E-state index is 8.84. The van der Waals surface area contributed by atoms with Gasteiger partial charge in [-0.1, -0.05) is 134 Å². The summed E-state index contributed by atoms with van der Waals surface area (Å²) in [5.74, 6) is 0. The Bertz CT molecular complexity index is 2470. The molecule has 2 atom stereocenters. The highest BCUT2D eigenvalue weighted by molar-refractivity contribution is 6.11. The summed E-state index contributed by atoms with van der Waals surface area (Å²) in [5.41, 5.74) is 8.36. The molecule has 1 heterocycles. The minimum absolute atomic E-state index is 0.501. The van der Waals surface area contributed by atoms with Gasteiger partial charge in [0.2, 0.25) is 0 Å². The number of hydrogen-bond donors (Lipinski definition) is 0. The Kier molecular flexibility index (Phi) is 6.31. The summed E-state index contributed by atoms with van der Waals surface area (Å²) in [6, 6.07) is 60.2. The van der Waals surface area contributed by atoms with Crippen LogP contribution in [0.1, 0.15) is 47.3 Å². The smallest absolute Gasteiger partial charge is 0.0542 e. The van der Waals surface area contributed by atoms with E-state index in [2.05, 4.69) is 161 Å². The summed E-state index contributed by atoms with van der Waals surface area (Å²) in [6.45, 7) is 0. The molecule has 2 unspecified atom stereocenters. The van der Waals surface area contributed by atoms with Gasteiger partial charge in [-0.05, 0) is 84.0 Å². The molecule has 8 aromatic rings. The second-order valence-electron chi connectivity index (χ2n) is 12.8. The number of rotatable bonds is 6. The highest BCUT2D eigenvalue weighted by atomic mass is 15.1. The standard InChI is InChI=1S/C46H38N2/c1-4-17-35(18-5-1)46(31-12-3-13-32-46)36-25-27-38(28-26-36)47(43-24-14-16-34-15-8-9-21-40(34)43)39-29-30-45-42(33-39)41-22-10-11-23-44(41)48(45)37-19-6-2-7-20-37/h1-2,4-11,14-30,33H,3,12-13,31-32H2/i3D,12D,13D. The van der Waals surface area contributed by atoms with Crippen molar-refractivity contribution in [3.05, 3.63) is 181 Å². The van der Waals surface area contributed by atoms with E-state index in [1.165, 1.54) is 27.1 Å². The first-order valence-electron chi connectivity index (χ1n) is 18.5. The first-order valence-corrected chi connectivity index (χ1v) is 16.8. The first kappa shape index (κ1) is 25.5. The van der Waals surface area contributed by atoms with Crippen molar-refractivity contribution >= 4 is 49.6 Å². The molecule has 9 rings (SSSR count). The average Bonchev–Trinajstić information content (AvgIpc) is 3.52. The van der Waals surface area contributed by atoms with Gasteiger partial charge in [0.25, 0.3) is 0 Å². The fraction of sp³-hybridized carbons (Fsp3) is 0.130. The van der Waals surface area contributed by atoms with Gasteiger partial charge in [0.15, 0.2) is 0 Å². The van der Waals surface area contributed by atoms with Crippen molar-refractivity contribution in [3.63, 3.8) is 0 Å². The van der Waals surface area contributed by atoms with Crippen molar-refractivity contribution in [2.24, 2.45) is 0 Å². The molecule has 1 aliphatic carbocycles. The summed E-state index contributed by atoms with van der Waals surface area (Å²) in [4.78, 5) is 2.36. The Morgan fingerprint density at radius 1 is 0.479 bits per heavy atom. The highest BCUT2D eigenvalue weighted by Gasteiger charge is 2.35. The molecule has 2 nitrogen and oxygen atoms in total. The zero-order valence-corrected chi connectivity index (χ0v) is 26.7. The third-order valence-corrected chi connectivity index (χ3v) is 10.1. The number of anilines is 3. The van der Waals surface area contributed by atoms with E-state index < -0.39 is 24.6 Å². The van der Waals surface area contributed by atoms with Crippen LogP contribution in [0.2, 0.25) is 0 Å². The van der Waals surface area contributed by atoms with E-state index in [9.17, 15) is 0 Å². The monoisotopic (exact) mass is 621 g/mol. The number of fused-ring (bicyclic) bond motifs is 4. The molecule has 0 amide bonds. The minimum atomic E-state index is -0.703. The van der Waals surface area contributed by atoms with Gasteiger partial charge in [-0.25, -0.2) is 0 Å². The highest BCUT2D eigenvalue weighted by Crippen LogP contribution is 2.47. The summed E-state index contributed by atoms with van der Waals surface area (Å²) in [5, 5.41) is 4.74. The zero-order chi connectivity index (χ0) is 34.5. The van der Waals surface area contributed by atoms with E-state index in [1.807, 2.05) is 18.2 Å². The van der Waals surface area contributed by atoms with Gasteiger partial charge in [0.1, 0.15) is 0 Å². The molecule has 0 bridgehead atoms. The van der Waals surface area contributed by atoms with Gasteiger partial charge in [-0.2, -0.15) is 0 Å². The van der Waals surface area contributed by atoms with Crippen LogP contribution in [0.15, 0.2) is 170 Å². The van der Waals surface area contributed by atoms with Crippen LogP contribution in [0.25, 0.3) is 38.3 Å². The van der Waals surface area contributed by atoms with Crippen molar-refractivity contribution in [1.29, 1.82) is 0 Å². The Morgan fingerprint density at radius 3 is 1.88 bits per heavy atom. The fourth-order valence-corrected chi connectivity index (χ4v) is 7.83. The number of aromatic nitrogens is 1. The predicted octanol–water partition coefficient (Wildman–Crippen LogP) is 12.7. The maximum Gasteiger partial charge on any atom is 0.0542 e. The molecule has 0 N–H and O–H groups in total. The molecule has 0 spiro atoms. The predicted molar refractivity (Wildman–Crippen MR) is 203 cm³/mol. The summed E-state index contributed by atoms with van der Waals surface area (Å²) >= 11 is 0. The van der Waals surface area contributed by atoms with E-state index in [1.54, 1.807) is 0 Å². The van der Waals surface area contributed by atoms with E-state index in [4.69, 9.17) is 4.11 Å². The van der Waals surface area contributed by atoms with Crippen LogP contribution in [-0.4, -0.2) is 4.57 Å². The molecule has 1 aliphatic rings. The largest absolute Gasteiger partial charge is 0.310 e. The topological polar surface area (TPSA) is 8.17 Å². The van der Waals surface area contributed by atoms with Gasteiger partial charge >= 0.3 is 0 Å². The number of nitrogens with zero attached hydrogens (tertiary/aromatic N) is 2. The molecule has 48 heavy (non-hydrogen) atoms. The Balaban J connectivity index is 1.23. The fourth-order valence-electron chi connectivity index (χ4n) is 7.83. The molecule has 1 fully saturated rings. The second kappa shape index (κ2) is 11.9. The van der Waals surface area contributed by atoms with Gasteiger partial charge in [0.05, 0.1) is 16.7 Å². The Labute approximate surface area is 286 Å². The van der Waals surface area contributed by atoms with Crippen LogP contribution >= 0.6 is 0 Å². The number of benzene rings is 7. The van der Waals surface area contributed by atoms with Crippen LogP contribution in [-0.2, 0) is 5.41 Å². The van der Waals surface area contributed by atoms with Crippen molar-refractivity contribution < 1.29 is 4.11 Å². The lowest BCUT2D eigenvalue weighted by atomic mass is 9.65. The van der Waals surface area contributed by atoms with Crippen LogP contribution < -0.4 is 4.90 Å². The second-order valence-corrected chi connectivity index (χ2v) is 12.8. The Morgan fingerprint density at radius 2 is 1.08 bits per heavy atom. The van der Waals surface area contributed by atoms with Crippen molar-refractivity contribution in [2.75, 3.05) is 4.90 Å². The average molecular weight is 622 g/mol. The molecule has 2 heteroatoms. The lowest BCUT2D eigenvalue weighted by molar-refractivity contribution is 0.346. The molecule has 7 aromatic carbocycles. The quantitative estimate of drug-likeness (QED) is 0.179. The lowest BCUT2D eigenvalue weighted by Crippen LogP contribution is -2.30. The van der Waals surface area contributed by atoms with Crippen LogP contribution in [0.5, 0.6) is 0 Å². The summed E-state index contributed by atoms with van der Waals surface area (Å²) in [6.07, 6.45) is -0.911. The van der Waals surface area contributed by atoms with E-state index in [-0.39, 0.29) is 0 Å². The lowest BCUT2D eigenvalue weighted by Gasteiger charge is -2.39. The molecule has 0 radical (unpaired) electrons. The van der Waals surface area contributed by atoms with Crippen molar-refractivity contribution in [3.8, 4) is 5.69 Å². The first-order chi connectivity index (χ1) is 25.0. The minimum Gasteiger partial charge on any atom is -0.310 e. The summed E-state index contributed by atoms with van der Waals surface area (Å²) < 4.78 is 28.5. The van der Waals surface area contributed by atoms with E-state index in [0.29, 0.717) is 12.8 Å². The van der Waals surface area contributed by atoms with Crippen LogP contribution in [0.3, 0.4) is 0 Å². The van der Waals surface area contributed by atoms with Gasteiger partial charge in [-0.15, -0.1) is 0 Å². The Hall–Kier alpha value is -5.60. The van der Waals surface area contributed by atoms with Crippen LogP contribution in [0.4, 0.5) is 17.1 Å². The number of hydrogen-bond acceptors (Lipinski definition) is 1. The van der Waals surface area contributed by atoms with Gasteiger partial charge in [0, 0.05) is 42.7 Å². The van der Waals surface area contributed by atoms with Crippen molar-refractivity contribution in [1.82, 2.24) is 4.57 Å². The van der Waals surface area contributed by atoms with Gasteiger partial charge < -0.3 is 9.47 Å². The molecule has 1 saturated carbocycles. The third kappa shape index (κ3) is 4.71. The molecule has 1 aromatic heterocycles. The van der Waals surface area contributed by atoms with Crippen LogP contribution in [0, 0.1) is 0 Å². The van der Waals surface area contributed by atoms with Crippen molar-refractivity contribution in [2.45, 2.75) is 37.4 Å². The molecule has 0 saturated heterocycles. The maximum absolute atomic E-state index is 8.84. The zero-order valence-electron chi connectivity index (χ0n) is 29.7. The molecule has 0 aliphatic heterocycles. The van der Waals surface area contributed by atoms with Gasteiger partial charge in [-0.3, -0.25) is 0 Å². The van der Waals surface area contributed by atoms with E-state index >= 15 is 0 Å². The third-order valence-electron chi connectivity index (χ3n) is 10.1. The number of para-hydroxylation sites is 2.